The molecule has 174 valence electrons. The molecule has 0 spiro atoms. The molecule has 0 aliphatic carbocycles. The maximum atomic E-state index is 13.8. The average Bonchev–Trinajstić information content (AvgIpc) is 3.00. The lowest BCUT2D eigenvalue weighted by Gasteiger charge is -2.28. The van der Waals surface area contributed by atoms with Crippen molar-refractivity contribution in [3.05, 3.63) is 71.3 Å². The van der Waals surface area contributed by atoms with Gasteiger partial charge in [-0.1, -0.05) is 44.2 Å². The number of nitrogens with one attached hydrogen (secondary N) is 1. The van der Waals surface area contributed by atoms with Gasteiger partial charge in [-0.15, -0.1) is 0 Å². The molecule has 0 radical (unpaired) electrons. The van der Waals surface area contributed by atoms with Gasteiger partial charge in [0.25, 0.3) is 0 Å². The molecule has 0 unspecified atom stereocenters. The van der Waals surface area contributed by atoms with Crippen LogP contribution in [0.15, 0.2) is 54.6 Å². The van der Waals surface area contributed by atoms with Gasteiger partial charge in [0.1, 0.15) is 11.8 Å². The molecule has 4 rings (SSSR count). The largest absolute Gasteiger partial charge is 0.496 e. The Kier molecular flexibility index (Phi) is 6.83. The topological polar surface area (TPSA) is 82.4 Å². The van der Waals surface area contributed by atoms with E-state index in [9.17, 15) is 14.9 Å². The Labute approximate surface area is 200 Å². The van der Waals surface area contributed by atoms with E-state index < -0.39 is 6.04 Å². The summed E-state index contributed by atoms with van der Waals surface area (Å²) in [6, 6.07) is 18.8. The zero-order chi connectivity index (χ0) is 24.2. The standard InChI is InChI=1S/C28H29N3O3/c1-4-18(2)27(32)30-24-14-12-19-8-5-6-11-25(19)31(28(24)33)17-23-22-10-7-9-20(16-29)21(22)13-15-26(23)34-3/h5-11,13,15,18,24H,4,12,14,17H2,1-3H3,(H,30,32)/t18-,24+/m1/s1. The molecule has 0 fully saturated rings. The summed E-state index contributed by atoms with van der Waals surface area (Å²) in [7, 11) is 1.60. The zero-order valence-corrected chi connectivity index (χ0v) is 19.8. The first-order chi connectivity index (χ1) is 16.5. The van der Waals surface area contributed by atoms with E-state index in [1.54, 1.807) is 18.1 Å². The maximum absolute atomic E-state index is 13.8. The Balaban J connectivity index is 1.80. The summed E-state index contributed by atoms with van der Waals surface area (Å²) in [5.74, 6) is 0.247. The quantitative estimate of drug-likeness (QED) is 0.583. The fourth-order valence-corrected chi connectivity index (χ4v) is 4.52. The Morgan fingerprint density at radius 3 is 2.71 bits per heavy atom. The molecule has 0 saturated heterocycles. The molecule has 2 atom stereocenters. The van der Waals surface area contributed by atoms with Crippen molar-refractivity contribution in [2.24, 2.45) is 5.92 Å². The minimum absolute atomic E-state index is 0.104. The van der Waals surface area contributed by atoms with Crippen molar-refractivity contribution in [1.82, 2.24) is 5.32 Å². The first kappa shape index (κ1) is 23.3. The van der Waals surface area contributed by atoms with Crippen LogP contribution >= 0.6 is 0 Å². The van der Waals surface area contributed by atoms with E-state index in [1.807, 2.05) is 62.4 Å². The smallest absolute Gasteiger partial charge is 0.249 e. The summed E-state index contributed by atoms with van der Waals surface area (Å²) in [4.78, 5) is 28.2. The number of para-hydroxylation sites is 1. The summed E-state index contributed by atoms with van der Waals surface area (Å²) in [6.45, 7) is 4.10. The molecule has 2 amide bonds. The summed E-state index contributed by atoms with van der Waals surface area (Å²) in [5, 5.41) is 14.3. The van der Waals surface area contributed by atoms with Gasteiger partial charge in [-0.2, -0.15) is 5.26 Å². The third-order valence-electron chi connectivity index (χ3n) is 6.71. The van der Waals surface area contributed by atoms with Crippen molar-refractivity contribution < 1.29 is 14.3 Å². The predicted molar refractivity (Wildman–Crippen MR) is 133 cm³/mol. The number of benzene rings is 3. The predicted octanol–water partition coefficient (Wildman–Crippen LogP) is 4.73. The van der Waals surface area contributed by atoms with Crippen LogP contribution in [-0.2, 0) is 22.6 Å². The van der Waals surface area contributed by atoms with E-state index in [0.29, 0.717) is 30.6 Å². The minimum Gasteiger partial charge on any atom is -0.496 e. The van der Waals surface area contributed by atoms with Gasteiger partial charge in [-0.25, -0.2) is 0 Å². The first-order valence-corrected chi connectivity index (χ1v) is 11.7. The Bertz CT molecular complexity index is 1280. The number of nitrogens with zero attached hydrogens (tertiary/aromatic N) is 2. The molecule has 1 heterocycles. The number of aryl methyl sites for hydroxylation is 1. The second-order valence-corrected chi connectivity index (χ2v) is 8.72. The fraction of sp³-hybridized carbons (Fsp3) is 0.321. The molecule has 1 N–H and O–H groups in total. The highest BCUT2D eigenvalue weighted by Gasteiger charge is 2.33. The molecule has 1 aliphatic rings. The maximum Gasteiger partial charge on any atom is 0.249 e. The van der Waals surface area contributed by atoms with Crippen molar-refractivity contribution in [2.75, 3.05) is 12.0 Å². The third-order valence-corrected chi connectivity index (χ3v) is 6.71. The number of carbonyl (C=O) groups is 2. The molecule has 3 aromatic rings. The van der Waals surface area contributed by atoms with Crippen molar-refractivity contribution in [3.63, 3.8) is 0 Å². The van der Waals surface area contributed by atoms with Crippen LogP contribution in [0, 0.1) is 17.2 Å². The lowest BCUT2D eigenvalue weighted by atomic mass is 9.99. The van der Waals surface area contributed by atoms with Crippen LogP contribution in [-0.4, -0.2) is 25.0 Å². The number of fused-ring (bicyclic) bond motifs is 2. The zero-order valence-electron chi connectivity index (χ0n) is 19.8. The molecule has 0 aromatic heterocycles. The van der Waals surface area contributed by atoms with Crippen molar-refractivity contribution in [1.29, 1.82) is 5.26 Å². The molecular weight excluding hydrogens is 426 g/mol. The Morgan fingerprint density at radius 1 is 1.18 bits per heavy atom. The van der Waals surface area contributed by atoms with Crippen LogP contribution in [0.3, 0.4) is 0 Å². The summed E-state index contributed by atoms with van der Waals surface area (Å²) in [5.41, 5.74) is 3.30. The number of hydrogen-bond acceptors (Lipinski definition) is 4. The number of amides is 2. The average molecular weight is 456 g/mol. The van der Waals surface area contributed by atoms with Crippen molar-refractivity contribution >= 4 is 28.3 Å². The van der Waals surface area contributed by atoms with Gasteiger partial charge in [0.05, 0.1) is 25.3 Å². The van der Waals surface area contributed by atoms with Gasteiger partial charge in [0.2, 0.25) is 11.8 Å². The van der Waals surface area contributed by atoms with E-state index in [0.717, 1.165) is 27.6 Å². The van der Waals surface area contributed by atoms with Crippen molar-refractivity contribution in [2.45, 2.75) is 45.7 Å². The number of carbonyl (C=O) groups excluding carboxylic acids is 2. The molecule has 0 bridgehead atoms. The second-order valence-electron chi connectivity index (χ2n) is 8.72. The molecule has 6 heteroatoms. The first-order valence-electron chi connectivity index (χ1n) is 11.7. The number of ether oxygens (including phenoxy) is 1. The highest BCUT2D eigenvalue weighted by atomic mass is 16.5. The van der Waals surface area contributed by atoms with E-state index >= 15 is 0 Å². The molecule has 6 nitrogen and oxygen atoms in total. The fourth-order valence-electron chi connectivity index (χ4n) is 4.52. The summed E-state index contributed by atoms with van der Waals surface area (Å²) < 4.78 is 5.67. The van der Waals surface area contributed by atoms with Gasteiger partial charge in [-0.05, 0) is 54.5 Å². The molecule has 3 aromatic carbocycles. The number of rotatable bonds is 6. The van der Waals surface area contributed by atoms with Crippen LogP contribution < -0.4 is 15.0 Å². The number of anilines is 1. The van der Waals surface area contributed by atoms with E-state index in [1.165, 1.54) is 0 Å². The van der Waals surface area contributed by atoms with Crippen molar-refractivity contribution in [3.8, 4) is 11.8 Å². The van der Waals surface area contributed by atoms with Gasteiger partial charge in [0, 0.05) is 22.6 Å². The van der Waals surface area contributed by atoms with Gasteiger partial charge >= 0.3 is 0 Å². The lowest BCUT2D eigenvalue weighted by molar-refractivity contribution is -0.129. The van der Waals surface area contributed by atoms with Crippen LogP contribution in [0.25, 0.3) is 10.8 Å². The highest BCUT2D eigenvalue weighted by molar-refractivity contribution is 6.01. The highest BCUT2D eigenvalue weighted by Crippen LogP contribution is 2.35. The van der Waals surface area contributed by atoms with Gasteiger partial charge < -0.3 is 15.0 Å². The van der Waals surface area contributed by atoms with Crippen LogP contribution in [0.5, 0.6) is 5.75 Å². The van der Waals surface area contributed by atoms with E-state index in [4.69, 9.17) is 4.74 Å². The molecule has 1 aliphatic heterocycles. The molecule has 0 saturated carbocycles. The van der Waals surface area contributed by atoms with Crippen LogP contribution in [0.4, 0.5) is 5.69 Å². The minimum atomic E-state index is -0.607. The van der Waals surface area contributed by atoms with Gasteiger partial charge in [0.15, 0.2) is 0 Å². The Hall–Kier alpha value is -3.85. The van der Waals surface area contributed by atoms with E-state index in [2.05, 4.69) is 11.4 Å². The number of nitriles is 1. The number of hydrogen-bond donors (Lipinski definition) is 1. The van der Waals surface area contributed by atoms with Gasteiger partial charge in [-0.3, -0.25) is 9.59 Å². The molecule has 34 heavy (non-hydrogen) atoms. The Morgan fingerprint density at radius 2 is 1.97 bits per heavy atom. The lowest BCUT2D eigenvalue weighted by Crippen LogP contribution is -2.49. The van der Waals surface area contributed by atoms with E-state index in [-0.39, 0.29) is 24.3 Å². The summed E-state index contributed by atoms with van der Waals surface area (Å²) >= 11 is 0. The van der Waals surface area contributed by atoms with Crippen LogP contribution in [0.1, 0.15) is 43.4 Å². The second kappa shape index (κ2) is 9.96. The monoisotopic (exact) mass is 455 g/mol. The van der Waals surface area contributed by atoms with Crippen LogP contribution in [0.2, 0.25) is 0 Å². The number of methoxy groups -OCH3 is 1. The SMILES string of the molecule is CC[C@@H](C)C(=O)N[C@H]1CCc2ccccc2N(Cc2c(OC)ccc3c(C#N)cccc23)C1=O. The third kappa shape index (κ3) is 4.34. The molecular formula is C28H29N3O3. The normalized spacial score (nSPS) is 16.4. The summed E-state index contributed by atoms with van der Waals surface area (Å²) in [6.07, 6.45) is 1.94.